The summed E-state index contributed by atoms with van der Waals surface area (Å²) in [5, 5.41) is 14.4. The van der Waals surface area contributed by atoms with Crippen molar-refractivity contribution in [3.8, 4) is 0 Å². The van der Waals surface area contributed by atoms with Crippen LogP contribution in [0.25, 0.3) is 0 Å². The van der Waals surface area contributed by atoms with Gasteiger partial charge in [-0.15, -0.1) is 0 Å². The van der Waals surface area contributed by atoms with Crippen LogP contribution in [0, 0.1) is 5.92 Å². The van der Waals surface area contributed by atoms with Gasteiger partial charge in [-0.2, -0.15) is 12.6 Å². The van der Waals surface area contributed by atoms with E-state index < -0.39 is 35.9 Å². The van der Waals surface area contributed by atoms with E-state index in [1.54, 1.807) is 24.3 Å². The summed E-state index contributed by atoms with van der Waals surface area (Å²) < 4.78 is 0. The van der Waals surface area contributed by atoms with Crippen molar-refractivity contribution in [2.45, 2.75) is 44.8 Å². The summed E-state index contributed by atoms with van der Waals surface area (Å²) in [6.45, 7) is 3.88. The fourth-order valence-electron chi connectivity index (χ4n) is 2.41. The molecule has 0 aliphatic heterocycles. The molecule has 8 heteroatoms. The Hall–Kier alpha value is -2.06. The zero-order valence-electron chi connectivity index (χ0n) is 15.0. The Morgan fingerprint density at radius 1 is 1.08 bits per heavy atom. The maximum Gasteiger partial charge on any atom is 0.326 e. The lowest BCUT2D eigenvalue weighted by Crippen LogP contribution is -2.55. The molecule has 3 atom stereocenters. The molecule has 0 aliphatic rings. The number of benzene rings is 1. The van der Waals surface area contributed by atoms with Crippen LogP contribution in [-0.2, 0) is 20.8 Å². The fourth-order valence-corrected chi connectivity index (χ4v) is 2.67. The van der Waals surface area contributed by atoms with Gasteiger partial charge in [0.25, 0.3) is 0 Å². The summed E-state index contributed by atoms with van der Waals surface area (Å²) in [5.74, 6) is -1.94. The summed E-state index contributed by atoms with van der Waals surface area (Å²) in [6, 6.07) is 6.19. The topological polar surface area (TPSA) is 122 Å². The average Bonchev–Trinajstić information content (AvgIpc) is 2.58. The number of carboxylic acids is 1. The van der Waals surface area contributed by atoms with Crippen LogP contribution in [0.3, 0.4) is 0 Å². The van der Waals surface area contributed by atoms with E-state index in [0.29, 0.717) is 6.42 Å². The number of thiol groups is 1. The van der Waals surface area contributed by atoms with Gasteiger partial charge in [0.2, 0.25) is 11.8 Å². The Morgan fingerprint density at radius 3 is 2.15 bits per heavy atom. The lowest BCUT2D eigenvalue weighted by Gasteiger charge is -2.22. The third kappa shape index (κ3) is 7.45. The molecule has 26 heavy (non-hydrogen) atoms. The molecule has 0 saturated heterocycles. The van der Waals surface area contributed by atoms with Crippen molar-refractivity contribution in [2.24, 2.45) is 11.7 Å². The molecular weight excluding hydrogens is 354 g/mol. The number of hydrogen-bond donors (Lipinski definition) is 5. The molecule has 0 spiro atoms. The highest BCUT2D eigenvalue weighted by Gasteiger charge is 2.27. The molecule has 3 unspecified atom stereocenters. The van der Waals surface area contributed by atoms with Crippen LogP contribution in [0.15, 0.2) is 30.3 Å². The summed E-state index contributed by atoms with van der Waals surface area (Å²) in [7, 11) is 0. The SMILES string of the molecule is CC(C)CC(N)C(=O)NC(CS)C(=O)NC(Cc1ccccc1)C(=O)O. The molecule has 1 aromatic carbocycles. The van der Waals surface area contributed by atoms with Crippen LogP contribution in [0.1, 0.15) is 25.8 Å². The van der Waals surface area contributed by atoms with Crippen LogP contribution >= 0.6 is 12.6 Å². The van der Waals surface area contributed by atoms with Gasteiger partial charge in [-0.25, -0.2) is 4.79 Å². The predicted molar refractivity (Wildman–Crippen MR) is 103 cm³/mol. The van der Waals surface area contributed by atoms with Gasteiger partial charge in [-0.3, -0.25) is 9.59 Å². The summed E-state index contributed by atoms with van der Waals surface area (Å²) >= 11 is 4.08. The van der Waals surface area contributed by atoms with Crippen molar-refractivity contribution in [3.05, 3.63) is 35.9 Å². The number of nitrogens with two attached hydrogens (primary N) is 1. The van der Waals surface area contributed by atoms with Gasteiger partial charge in [0.05, 0.1) is 6.04 Å². The number of nitrogens with one attached hydrogen (secondary N) is 2. The highest BCUT2D eigenvalue weighted by Crippen LogP contribution is 2.05. The Kier molecular flexibility index (Phi) is 9.15. The molecule has 0 radical (unpaired) electrons. The van der Waals surface area contributed by atoms with Crippen LogP contribution in [0.4, 0.5) is 0 Å². The molecule has 5 N–H and O–H groups in total. The van der Waals surface area contributed by atoms with E-state index in [-0.39, 0.29) is 18.1 Å². The van der Waals surface area contributed by atoms with E-state index in [0.717, 1.165) is 5.56 Å². The number of amides is 2. The number of carboxylic acid groups (broad SMARTS) is 1. The molecule has 1 aromatic rings. The van der Waals surface area contributed by atoms with Crippen LogP contribution in [-0.4, -0.2) is 46.8 Å². The molecule has 0 heterocycles. The second kappa shape index (κ2) is 10.8. The summed E-state index contributed by atoms with van der Waals surface area (Å²) in [4.78, 5) is 35.9. The van der Waals surface area contributed by atoms with E-state index in [2.05, 4.69) is 23.3 Å². The van der Waals surface area contributed by atoms with E-state index >= 15 is 0 Å². The van der Waals surface area contributed by atoms with Gasteiger partial charge in [-0.1, -0.05) is 44.2 Å². The molecular formula is C18H27N3O4S. The number of carbonyl (C=O) groups is 3. The van der Waals surface area contributed by atoms with Crippen molar-refractivity contribution in [2.75, 3.05) is 5.75 Å². The largest absolute Gasteiger partial charge is 0.480 e. The molecule has 0 aromatic heterocycles. The minimum atomic E-state index is -1.15. The Labute approximate surface area is 159 Å². The molecule has 0 saturated carbocycles. The quantitative estimate of drug-likeness (QED) is 0.380. The first-order chi connectivity index (χ1) is 12.2. The Balaban J connectivity index is 2.70. The minimum Gasteiger partial charge on any atom is -0.480 e. The van der Waals surface area contributed by atoms with Crippen LogP contribution in [0.5, 0.6) is 0 Å². The maximum absolute atomic E-state index is 12.4. The molecule has 2 amide bonds. The van der Waals surface area contributed by atoms with Crippen LogP contribution < -0.4 is 16.4 Å². The Morgan fingerprint density at radius 2 is 1.65 bits per heavy atom. The first kappa shape index (κ1) is 22.0. The second-order valence-electron chi connectivity index (χ2n) is 6.57. The molecule has 144 valence electrons. The van der Waals surface area contributed by atoms with Crippen molar-refractivity contribution >= 4 is 30.4 Å². The maximum atomic E-state index is 12.4. The molecule has 7 nitrogen and oxygen atoms in total. The van der Waals surface area contributed by atoms with Crippen molar-refractivity contribution < 1.29 is 19.5 Å². The summed E-state index contributed by atoms with van der Waals surface area (Å²) in [6.07, 6.45) is 0.626. The number of carbonyl (C=O) groups excluding carboxylic acids is 2. The van der Waals surface area contributed by atoms with Gasteiger partial charge in [-0.05, 0) is 17.9 Å². The number of rotatable bonds is 10. The average molecular weight is 381 g/mol. The van der Waals surface area contributed by atoms with Crippen molar-refractivity contribution in [1.29, 1.82) is 0 Å². The normalized spacial score (nSPS) is 14.3. The lowest BCUT2D eigenvalue weighted by molar-refractivity contribution is -0.142. The highest BCUT2D eigenvalue weighted by atomic mass is 32.1. The minimum absolute atomic E-state index is 0.0314. The first-order valence-corrected chi connectivity index (χ1v) is 9.11. The van der Waals surface area contributed by atoms with Gasteiger partial charge < -0.3 is 21.5 Å². The van der Waals surface area contributed by atoms with E-state index in [1.165, 1.54) is 0 Å². The van der Waals surface area contributed by atoms with Gasteiger partial charge in [0, 0.05) is 12.2 Å². The van der Waals surface area contributed by atoms with Gasteiger partial charge >= 0.3 is 5.97 Å². The standard InChI is InChI=1S/C18H27N3O4S/c1-11(2)8-13(19)16(22)21-15(10-26)17(23)20-14(18(24)25)9-12-6-4-3-5-7-12/h3-7,11,13-15,26H,8-10,19H2,1-2H3,(H,20,23)(H,21,22)(H,24,25). The van der Waals surface area contributed by atoms with E-state index in [9.17, 15) is 19.5 Å². The Bertz CT molecular complexity index is 610. The third-order valence-corrected chi connectivity index (χ3v) is 4.14. The van der Waals surface area contributed by atoms with Gasteiger partial charge in [0.15, 0.2) is 0 Å². The highest BCUT2D eigenvalue weighted by molar-refractivity contribution is 7.80. The lowest BCUT2D eigenvalue weighted by atomic mass is 10.0. The fraction of sp³-hybridized carbons (Fsp3) is 0.500. The zero-order valence-corrected chi connectivity index (χ0v) is 15.9. The first-order valence-electron chi connectivity index (χ1n) is 8.48. The van der Waals surface area contributed by atoms with Crippen molar-refractivity contribution in [3.63, 3.8) is 0 Å². The number of hydrogen-bond acceptors (Lipinski definition) is 5. The molecule has 1 rings (SSSR count). The van der Waals surface area contributed by atoms with Crippen molar-refractivity contribution in [1.82, 2.24) is 10.6 Å². The summed E-state index contributed by atoms with van der Waals surface area (Å²) in [5.41, 5.74) is 6.59. The zero-order chi connectivity index (χ0) is 19.7. The van der Waals surface area contributed by atoms with E-state index in [4.69, 9.17) is 5.73 Å². The molecule has 0 fully saturated rings. The third-order valence-electron chi connectivity index (χ3n) is 3.77. The van der Waals surface area contributed by atoms with Gasteiger partial charge in [0.1, 0.15) is 12.1 Å². The van der Waals surface area contributed by atoms with E-state index in [1.807, 2.05) is 19.9 Å². The predicted octanol–water partition coefficient (Wildman–Crippen LogP) is 0.587. The smallest absolute Gasteiger partial charge is 0.326 e. The molecule has 0 bridgehead atoms. The molecule has 0 aliphatic carbocycles. The number of aliphatic carboxylic acids is 1. The van der Waals surface area contributed by atoms with Crippen LogP contribution in [0.2, 0.25) is 0 Å². The monoisotopic (exact) mass is 381 g/mol. The second-order valence-corrected chi connectivity index (χ2v) is 6.93.